The molecule has 1 spiro atoms. The number of benzene rings is 1. The number of hydrogen-bond acceptors (Lipinski definition) is 6. The van der Waals surface area contributed by atoms with E-state index < -0.39 is 24.6 Å². The number of sulfonamides is 1. The fourth-order valence-electron chi connectivity index (χ4n) is 3.91. The Hall–Kier alpha value is -1.97. The van der Waals surface area contributed by atoms with Crippen LogP contribution in [0.25, 0.3) is 0 Å². The number of aryl methyl sites for hydroxylation is 1. The van der Waals surface area contributed by atoms with Gasteiger partial charge in [0.2, 0.25) is 15.9 Å². The van der Waals surface area contributed by atoms with Crippen LogP contribution in [-0.4, -0.2) is 56.3 Å². The first-order valence-corrected chi connectivity index (χ1v) is 12.2. The highest BCUT2D eigenvalue weighted by atomic mass is 32.2. The normalized spacial score (nSPS) is 23.4. The highest BCUT2D eigenvalue weighted by Crippen LogP contribution is 2.46. The molecule has 150 valence electrons. The van der Waals surface area contributed by atoms with Crippen LogP contribution in [0.1, 0.15) is 12.0 Å². The molecule has 0 bridgehead atoms. The van der Waals surface area contributed by atoms with Crippen molar-refractivity contribution < 1.29 is 21.6 Å². The molecular formula is C19H22N2O5S2. The first-order valence-electron chi connectivity index (χ1n) is 9.08. The topological polar surface area (TPSA) is 93.6 Å². The summed E-state index contributed by atoms with van der Waals surface area (Å²) in [6, 6.07) is 11.9. The molecular weight excluding hydrogens is 400 g/mol. The summed E-state index contributed by atoms with van der Waals surface area (Å²) in [4.78, 5) is 4.28. The molecule has 1 aromatic heterocycles. The molecule has 1 atom stereocenters. The Bertz CT molecular complexity index is 1060. The molecule has 3 heterocycles. The summed E-state index contributed by atoms with van der Waals surface area (Å²) in [5, 5.41) is 0. The molecule has 2 saturated heterocycles. The van der Waals surface area contributed by atoms with Crippen LogP contribution < -0.4 is 4.74 Å². The predicted molar refractivity (Wildman–Crippen MR) is 104 cm³/mol. The smallest absolute Gasteiger partial charge is 0.243 e. The molecule has 7 nitrogen and oxygen atoms in total. The van der Waals surface area contributed by atoms with Crippen LogP contribution in [-0.2, 0) is 19.9 Å². The number of rotatable bonds is 5. The van der Waals surface area contributed by atoms with E-state index in [9.17, 15) is 16.8 Å². The van der Waals surface area contributed by atoms with Crippen LogP contribution in [0, 0.1) is 12.8 Å². The summed E-state index contributed by atoms with van der Waals surface area (Å²) in [6.45, 7) is 2.03. The van der Waals surface area contributed by atoms with Gasteiger partial charge in [-0.25, -0.2) is 21.8 Å². The van der Waals surface area contributed by atoms with Crippen molar-refractivity contribution >= 4 is 19.9 Å². The SMILES string of the molecule is Cc1ccc(S(=O)(=O)N2CC3(C2)C(COc2ccccn2)CCS3(=O)=O)cc1. The molecule has 2 aliphatic heterocycles. The molecule has 28 heavy (non-hydrogen) atoms. The fourth-order valence-corrected chi connectivity index (χ4v) is 8.05. The number of sulfone groups is 1. The zero-order chi connectivity index (χ0) is 20.0. The lowest BCUT2D eigenvalue weighted by atomic mass is 9.85. The van der Waals surface area contributed by atoms with Crippen molar-refractivity contribution in [1.82, 2.24) is 9.29 Å². The van der Waals surface area contributed by atoms with Crippen LogP contribution in [0.5, 0.6) is 5.88 Å². The molecule has 1 unspecified atom stereocenters. The van der Waals surface area contributed by atoms with E-state index in [2.05, 4.69) is 4.98 Å². The molecule has 9 heteroatoms. The third kappa shape index (κ3) is 3.11. The lowest BCUT2D eigenvalue weighted by Gasteiger charge is -2.48. The minimum Gasteiger partial charge on any atom is -0.477 e. The first kappa shape index (κ1) is 19.4. The number of nitrogens with zero attached hydrogens (tertiary/aromatic N) is 2. The zero-order valence-electron chi connectivity index (χ0n) is 15.5. The molecule has 2 fully saturated rings. The summed E-state index contributed by atoms with van der Waals surface area (Å²) in [6.07, 6.45) is 2.07. The summed E-state index contributed by atoms with van der Waals surface area (Å²) in [7, 11) is -7.10. The Morgan fingerprint density at radius 2 is 1.89 bits per heavy atom. The van der Waals surface area contributed by atoms with E-state index in [-0.39, 0.29) is 36.3 Å². The summed E-state index contributed by atoms with van der Waals surface area (Å²) < 4.78 is 57.1. The van der Waals surface area contributed by atoms with Crippen LogP contribution in [0.2, 0.25) is 0 Å². The fraction of sp³-hybridized carbons (Fsp3) is 0.421. The van der Waals surface area contributed by atoms with Crippen molar-refractivity contribution in [2.75, 3.05) is 25.4 Å². The zero-order valence-corrected chi connectivity index (χ0v) is 17.1. The average Bonchev–Trinajstić information content (AvgIpc) is 2.90. The summed E-state index contributed by atoms with van der Waals surface area (Å²) in [5.74, 6) is 0.233. The average molecular weight is 423 g/mol. The van der Waals surface area contributed by atoms with E-state index >= 15 is 0 Å². The van der Waals surface area contributed by atoms with E-state index in [1.165, 1.54) is 4.31 Å². The molecule has 4 rings (SSSR count). The third-order valence-electron chi connectivity index (χ3n) is 5.72. The van der Waals surface area contributed by atoms with Gasteiger partial charge in [-0.1, -0.05) is 23.8 Å². The largest absolute Gasteiger partial charge is 0.477 e. The van der Waals surface area contributed by atoms with E-state index in [0.717, 1.165) is 5.56 Å². The van der Waals surface area contributed by atoms with E-state index in [4.69, 9.17) is 4.74 Å². The monoisotopic (exact) mass is 422 g/mol. The Balaban J connectivity index is 1.52. The van der Waals surface area contributed by atoms with Crippen LogP contribution >= 0.6 is 0 Å². The van der Waals surface area contributed by atoms with Gasteiger partial charge in [-0.3, -0.25) is 0 Å². The lowest BCUT2D eigenvalue weighted by molar-refractivity contribution is 0.123. The summed E-state index contributed by atoms with van der Waals surface area (Å²) >= 11 is 0. The van der Waals surface area contributed by atoms with Gasteiger partial charge in [-0.15, -0.1) is 0 Å². The molecule has 1 aromatic carbocycles. The number of aromatic nitrogens is 1. The van der Waals surface area contributed by atoms with Gasteiger partial charge in [0, 0.05) is 31.3 Å². The first-order chi connectivity index (χ1) is 13.2. The Morgan fingerprint density at radius 1 is 1.18 bits per heavy atom. The lowest BCUT2D eigenvalue weighted by Crippen LogP contribution is -2.68. The molecule has 2 aromatic rings. The second kappa shape index (κ2) is 6.82. The molecule has 0 amide bonds. The second-order valence-corrected chi connectivity index (χ2v) is 11.8. The van der Waals surface area contributed by atoms with Gasteiger partial charge in [0.1, 0.15) is 4.75 Å². The molecule has 2 aliphatic rings. The Labute approximate surface area is 165 Å². The second-order valence-electron chi connectivity index (χ2n) is 7.43. The van der Waals surface area contributed by atoms with Crippen molar-refractivity contribution in [3.05, 3.63) is 54.2 Å². The van der Waals surface area contributed by atoms with Gasteiger partial charge in [0.05, 0.1) is 17.3 Å². The van der Waals surface area contributed by atoms with Crippen molar-refractivity contribution in [2.45, 2.75) is 23.0 Å². The van der Waals surface area contributed by atoms with Crippen LogP contribution in [0.3, 0.4) is 0 Å². The minimum atomic E-state index is -3.71. The van der Waals surface area contributed by atoms with Crippen molar-refractivity contribution in [3.8, 4) is 5.88 Å². The van der Waals surface area contributed by atoms with Crippen molar-refractivity contribution in [3.63, 3.8) is 0 Å². The van der Waals surface area contributed by atoms with Gasteiger partial charge < -0.3 is 4.74 Å². The molecule has 0 aliphatic carbocycles. The maximum Gasteiger partial charge on any atom is 0.243 e. The number of ether oxygens (including phenoxy) is 1. The van der Waals surface area contributed by atoms with Crippen molar-refractivity contribution in [1.29, 1.82) is 0 Å². The quantitative estimate of drug-likeness (QED) is 0.727. The summed E-state index contributed by atoms with van der Waals surface area (Å²) in [5.41, 5.74) is 0.962. The number of pyridine rings is 1. The minimum absolute atomic E-state index is 0.0260. The van der Waals surface area contributed by atoms with Gasteiger partial charge in [-0.2, -0.15) is 4.31 Å². The standard InChI is InChI=1S/C19H22N2O5S2/c1-15-5-7-17(8-6-15)28(24,25)21-13-19(14-21)16(9-11-27(19,22)23)12-26-18-4-2-3-10-20-18/h2-8,10,16H,9,11-14H2,1H3. The maximum absolute atomic E-state index is 12.9. The van der Waals surface area contributed by atoms with Crippen LogP contribution in [0.15, 0.2) is 53.6 Å². The van der Waals surface area contributed by atoms with Gasteiger partial charge >= 0.3 is 0 Å². The number of hydrogen-bond donors (Lipinski definition) is 0. The van der Waals surface area contributed by atoms with Gasteiger partial charge in [0.25, 0.3) is 0 Å². The highest BCUT2D eigenvalue weighted by Gasteiger charge is 2.64. The van der Waals surface area contributed by atoms with Crippen molar-refractivity contribution in [2.24, 2.45) is 5.92 Å². The molecule has 0 N–H and O–H groups in total. The van der Waals surface area contributed by atoms with E-state index in [1.807, 2.05) is 6.92 Å². The Morgan fingerprint density at radius 3 is 2.54 bits per heavy atom. The molecule has 0 radical (unpaired) electrons. The maximum atomic E-state index is 12.9. The highest BCUT2D eigenvalue weighted by molar-refractivity contribution is 7.93. The third-order valence-corrected chi connectivity index (χ3v) is 10.1. The predicted octanol–water partition coefficient (Wildman–Crippen LogP) is 1.65. The van der Waals surface area contributed by atoms with E-state index in [1.54, 1.807) is 48.7 Å². The molecule has 0 saturated carbocycles. The van der Waals surface area contributed by atoms with Crippen LogP contribution in [0.4, 0.5) is 0 Å². The van der Waals surface area contributed by atoms with Gasteiger partial charge in [0.15, 0.2) is 9.84 Å². The van der Waals surface area contributed by atoms with Gasteiger partial charge in [-0.05, 0) is 31.5 Å². The van der Waals surface area contributed by atoms with E-state index in [0.29, 0.717) is 12.3 Å². The Kier molecular flexibility index (Phi) is 4.71.